The fourth-order valence-electron chi connectivity index (χ4n) is 1.74. The molecule has 74 valence electrons. The van der Waals surface area contributed by atoms with Gasteiger partial charge in [-0.15, -0.1) is 0 Å². The van der Waals surface area contributed by atoms with Gasteiger partial charge in [-0.05, 0) is 6.08 Å². The highest BCUT2D eigenvalue weighted by Gasteiger charge is 2.35. The van der Waals surface area contributed by atoms with E-state index in [2.05, 4.69) is 15.8 Å². The summed E-state index contributed by atoms with van der Waals surface area (Å²) < 4.78 is 5.30. The molecular formula is C8H9N3O3. The van der Waals surface area contributed by atoms with Crippen LogP contribution in [0.25, 0.3) is 0 Å². The number of hydrogen-bond acceptors (Lipinski definition) is 6. The molecule has 0 amide bonds. The van der Waals surface area contributed by atoms with Crippen LogP contribution in [0.5, 0.6) is 0 Å². The van der Waals surface area contributed by atoms with Gasteiger partial charge in [0, 0.05) is 0 Å². The topological polar surface area (TPSA) is 72.0 Å². The lowest BCUT2D eigenvalue weighted by atomic mass is 10.0. The zero-order valence-electron chi connectivity index (χ0n) is 7.32. The number of nitrogens with zero attached hydrogens (tertiary/aromatic N) is 1. The van der Waals surface area contributed by atoms with Crippen LogP contribution in [0.15, 0.2) is 16.8 Å². The van der Waals surface area contributed by atoms with Gasteiger partial charge in [-0.1, -0.05) is 0 Å². The van der Waals surface area contributed by atoms with Crippen LogP contribution < -0.4 is 10.8 Å². The molecule has 3 aliphatic rings. The average molecular weight is 195 g/mol. The Bertz CT molecular complexity index is 350. The third kappa shape index (κ3) is 1.11. The van der Waals surface area contributed by atoms with Crippen molar-refractivity contribution in [3.63, 3.8) is 0 Å². The van der Waals surface area contributed by atoms with E-state index in [0.29, 0.717) is 13.2 Å². The molecule has 0 aromatic rings. The summed E-state index contributed by atoms with van der Waals surface area (Å²) in [7, 11) is 0. The second-order valence-corrected chi connectivity index (χ2v) is 3.36. The highest BCUT2D eigenvalue weighted by molar-refractivity contribution is 6.01. The molecular weight excluding hydrogens is 186 g/mol. The molecule has 1 fully saturated rings. The number of fused-ring (bicyclic) bond motifs is 2. The van der Waals surface area contributed by atoms with Gasteiger partial charge in [0.25, 0.3) is 0 Å². The highest BCUT2D eigenvalue weighted by atomic mass is 16.7. The van der Waals surface area contributed by atoms with E-state index in [1.807, 2.05) is 6.08 Å². The number of aliphatic imine (C=N–C) groups is 1. The predicted molar refractivity (Wildman–Crippen MR) is 46.0 cm³/mol. The third-order valence-corrected chi connectivity index (χ3v) is 2.44. The molecule has 2 N–H and O–H groups in total. The molecule has 14 heavy (non-hydrogen) atoms. The Morgan fingerprint density at radius 3 is 3.43 bits per heavy atom. The first kappa shape index (κ1) is 7.95. The Morgan fingerprint density at radius 2 is 2.50 bits per heavy atom. The summed E-state index contributed by atoms with van der Waals surface area (Å²) in [5.74, 6) is -0.266. The summed E-state index contributed by atoms with van der Waals surface area (Å²) in [5.41, 5.74) is 4.28. The van der Waals surface area contributed by atoms with E-state index in [-0.39, 0.29) is 18.2 Å². The Kier molecular flexibility index (Phi) is 1.59. The van der Waals surface area contributed by atoms with E-state index in [1.54, 1.807) is 0 Å². The van der Waals surface area contributed by atoms with Crippen molar-refractivity contribution < 1.29 is 14.4 Å². The SMILES string of the molecule is O=C1CC2NC3OCN=C3C=C2NO1. The van der Waals surface area contributed by atoms with Gasteiger partial charge < -0.3 is 9.57 Å². The van der Waals surface area contributed by atoms with Crippen molar-refractivity contribution in [2.45, 2.75) is 18.7 Å². The molecule has 0 saturated carbocycles. The van der Waals surface area contributed by atoms with Gasteiger partial charge in [-0.25, -0.2) is 10.3 Å². The van der Waals surface area contributed by atoms with Gasteiger partial charge >= 0.3 is 5.97 Å². The highest BCUT2D eigenvalue weighted by Crippen LogP contribution is 2.19. The standard InChI is InChI=1S/C8H9N3O3/c12-7-2-4-5(11-14-7)1-6-8(10-4)13-3-9-6/h1,4,8,10-11H,2-3H2. The first-order chi connectivity index (χ1) is 6.83. The first-order valence-corrected chi connectivity index (χ1v) is 4.42. The largest absolute Gasteiger partial charge is 0.344 e. The minimum Gasteiger partial charge on any atom is -0.344 e. The fourth-order valence-corrected chi connectivity index (χ4v) is 1.74. The molecule has 0 aromatic carbocycles. The van der Waals surface area contributed by atoms with Gasteiger partial charge in [-0.2, -0.15) is 0 Å². The molecule has 0 aliphatic carbocycles. The molecule has 0 bridgehead atoms. The van der Waals surface area contributed by atoms with E-state index in [9.17, 15) is 4.79 Å². The zero-order valence-corrected chi connectivity index (χ0v) is 7.32. The minimum atomic E-state index is -0.266. The third-order valence-electron chi connectivity index (χ3n) is 2.44. The van der Waals surface area contributed by atoms with Gasteiger partial charge in [0.15, 0.2) is 6.23 Å². The summed E-state index contributed by atoms with van der Waals surface area (Å²) in [4.78, 5) is 19.8. The van der Waals surface area contributed by atoms with Gasteiger partial charge in [0.1, 0.15) is 6.73 Å². The molecule has 6 heteroatoms. The second-order valence-electron chi connectivity index (χ2n) is 3.36. The van der Waals surface area contributed by atoms with Crippen LogP contribution in [0, 0.1) is 0 Å². The van der Waals surface area contributed by atoms with Crippen LogP contribution in [0.4, 0.5) is 0 Å². The number of carbonyl (C=O) groups is 1. The smallest absolute Gasteiger partial charge is 0.334 e. The fraction of sp³-hybridized carbons (Fsp3) is 0.500. The van der Waals surface area contributed by atoms with E-state index < -0.39 is 0 Å². The number of hydrogen-bond donors (Lipinski definition) is 2. The van der Waals surface area contributed by atoms with E-state index >= 15 is 0 Å². The van der Waals surface area contributed by atoms with Gasteiger partial charge in [0.05, 0.1) is 23.9 Å². The van der Waals surface area contributed by atoms with Crippen molar-refractivity contribution in [2.75, 3.05) is 6.73 Å². The number of ether oxygens (including phenoxy) is 1. The average Bonchev–Trinajstić information content (AvgIpc) is 2.61. The quantitative estimate of drug-likeness (QED) is 0.521. The van der Waals surface area contributed by atoms with Crippen LogP contribution in [-0.2, 0) is 14.4 Å². The number of rotatable bonds is 0. The molecule has 6 nitrogen and oxygen atoms in total. The molecule has 1 saturated heterocycles. The van der Waals surface area contributed by atoms with Crippen LogP contribution >= 0.6 is 0 Å². The lowest BCUT2D eigenvalue weighted by molar-refractivity contribution is -0.153. The number of nitrogens with one attached hydrogen (secondary N) is 2. The normalized spacial score (nSPS) is 34.7. The van der Waals surface area contributed by atoms with E-state index in [0.717, 1.165) is 11.4 Å². The Labute approximate surface area is 79.9 Å². The second kappa shape index (κ2) is 2.79. The maximum atomic E-state index is 11.0. The molecule has 0 aromatic heterocycles. The number of carbonyl (C=O) groups excluding carboxylic acids is 1. The van der Waals surface area contributed by atoms with Crippen molar-refractivity contribution in [1.82, 2.24) is 10.8 Å². The lowest BCUT2D eigenvalue weighted by Crippen LogP contribution is -2.53. The van der Waals surface area contributed by atoms with Crippen molar-refractivity contribution in [3.8, 4) is 0 Å². The molecule has 3 heterocycles. The molecule has 0 spiro atoms. The molecule has 0 radical (unpaired) electrons. The lowest BCUT2D eigenvalue weighted by Gasteiger charge is -2.32. The summed E-state index contributed by atoms with van der Waals surface area (Å²) in [6, 6.07) is -0.0432. The van der Waals surface area contributed by atoms with Gasteiger partial charge in [-0.3, -0.25) is 10.3 Å². The Morgan fingerprint density at radius 1 is 1.57 bits per heavy atom. The van der Waals surface area contributed by atoms with Crippen molar-refractivity contribution >= 4 is 11.7 Å². The minimum absolute atomic E-state index is 0.0432. The zero-order chi connectivity index (χ0) is 9.54. The summed E-state index contributed by atoms with van der Waals surface area (Å²) in [5, 5.41) is 3.16. The van der Waals surface area contributed by atoms with Crippen LogP contribution in [-0.4, -0.2) is 30.7 Å². The van der Waals surface area contributed by atoms with E-state index in [4.69, 9.17) is 9.57 Å². The first-order valence-electron chi connectivity index (χ1n) is 4.42. The molecule has 2 unspecified atom stereocenters. The van der Waals surface area contributed by atoms with Crippen molar-refractivity contribution in [2.24, 2.45) is 4.99 Å². The van der Waals surface area contributed by atoms with E-state index in [1.165, 1.54) is 0 Å². The summed E-state index contributed by atoms with van der Waals surface area (Å²) in [6.07, 6.45) is 2.02. The molecule has 2 atom stereocenters. The predicted octanol–water partition coefficient (Wildman–Crippen LogP) is -0.952. The van der Waals surface area contributed by atoms with Gasteiger partial charge in [0.2, 0.25) is 0 Å². The Hall–Kier alpha value is -1.40. The van der Waals surface area contributed by atoms with Crippen LogP contribution in [0.1, 0.15) is 6.42 Å². The summed E-state index contributed by atoms with van der Waals surface area (Å²) in [6.45, 7) is 0.373. The maximum Gasteiger partial charge on any atom is 0.334 e. The van der Waals surface area contributed by atoms with Crippen molar-refractivity contribution in [1.29, 1.82) is 0 Å². The van der Waals surface area contributed by atoms with Crippen molar-refractivity contribution in [3.05, 3.63) is 11.8 Å². The Balaban J connectivity index is 1.90. The maximum absolute atomic E-state index is 11.0. The number of hydroxylamine groups is 1. The molecule has 3 rings (SSSR count). The monoisotopic (exact) mass is 195 g/mol. The van der Waals surface area contributed by atoms with Crippen LogP contribution in [0.3, 0.4) is 0 Å². The molecule has 3 aliphatic heterocycles. The van der Waals surface area contributed by atoms with Crippen LogP contribution in [0.2, 0.25) is 0 Å². The summed E-state index contributed by atoms with van der Waals surface area (Å²) >= 11 is 0.